The molecule has 1 atom stereocenters. The number of primary amides is 1. The van der Waals surface area contributed by atoms with Gasteiger partial charge in [-0.15, -0.1) is 0 Å². The van der Waals surface area contributed by atoms with E-state index in [-0.39, 0.29) is 11.5 Å². The highest BCUT2D eigenvalue weighted by molar-refractivity contribution is 5.99. The topological polar surface area (TPSA) is 139 Å². The van der Waals surface area contributed by atoms with Crippen molar-refractivity contribution in [3.63, 3.8) is 0 Å². The second-order valence-corrected chi connectivity index (χ2v) is 4.30. The summed E-state index contributed by atoms with van der Waals surface area (Å²) in [5, 5.41) is 13.6. The number of nitrogens with two attached hydrogens (primary N) is 1. The van der Waals surface area contributed by atoms with Crippen LogP contribution in [0, 0.1) is 0 Å². The standard InChI is InChI=1S/C13H15N3O5/c1-7(17)15-9-4-2-3-8(5-9)12(19)16-10(13(20)21)6-11(14)18/h2-5,10H,6H2,1H3,(H2,14,18)(H,15,17)(H,16,19)(H,20,21). The van der Waals surface area contributed by atoms with Gasteiger partial charge in [-0.2, -0.15) is 0 Å². The first-order valence-corrected chi connectivity index (χ1v) is 5.99. The van der Waals surface area contributed by atoms with Gasteiger partial charge in [-0.1, -0.05) is 6.07 Å². The molecule has 0 radical (unpaired) electrons. The maximum absolute atomic E-state index is 11.9. The Bertz CT molecular complexity index is 585. The van der Waals surface area contributed by atoms with Crippen molar-refractivity contribution in [3.05, 3.63) is 29.8 Å². The molecule has 21 heavy (non-hydrogen) atoms. The molecule has 1 aromatic rings. The predicted molar refractivity (Wildman–Crippen MR) is 73.4 cm³/mol. The number of carbonyl (C=O) groups excluding carboxylic acids is 3. The minimum atomic E-state index is -1.40. The van der Waals surface area contributed by atoms with E-state index >= 15 is 0 Å². The molecule has 0 aliphatic rings. The number of hydrogen-bond donors (Lipinski definition) is 4. The summed E-state index contributed by atoms with van der Waals surface area (Å²) in [6, 6.07) is 4.55. The van der Waals surface area contributed by atoms with Crippen LogP contribution in [0.5, 0.6) is 0 Å². The Balaban J connectivity index is 2.84. The van der Waals surface area contributed by atoms with Crippen molar-refractivity contribution in [1.82, 2.24) is 5.32 Å². The fourth-order valence-electron chi connectivity index (χ4n) is 1.58. The minimum absolute atomic E-state index is 0.150. The fourth-order valence-corrected chi connectivity index (χ4v) is 1.58. The van der Waals surface area contributed by atoms with Gasteiger partial charge in [-0.3, -0.25) is 14.4 Å². The summed E-state index contributed by atoms with van der Waals surface area (Å²) in [6.45, 7) is 1.32. The summed E-state index contributed by atoms with van der Waals surface area (Å²) in [5.41, 5.74) is 5.47. The Kier molecular flexibility index (Phi) is 5.41. The Hall–Kier alpha value is -2.90. The molecule has 0 spiro atoms. The molecule has 0 aliphatic heterocycles. The lowest BCUT2D eigenvalue weighted by Crippen LogP contribution is -2.43. The third-order valence-electron chi connectivity index (χ3n) is 2.45. The number of anilines is 1. The molecule has 0 saturated carbocycles. The van der Waals surface area contributed by atoms with Crippen LogP contribution < -0.4 is 16.4 Å². The summed E-state index contributed by atoms with van der Waals surface area (Å²) in [6.07, 6.45) is -0.507. The van der Waals surface area contributed by atoms with Crippen LogP contribution in [0.25, 0.3) is 0 Å². The Morgan fingerprint density at radius 2 is 1.95 bits per heavy atom. The third-order valence-corrected chi connectivity index (χ3v) is 2.45. The number of carboxylic acids is 1. The van der Waals surface area contributed by atoms with Crippen molar-refractivity contribution in [3.8, 4) is 0 Å². The van der Waals surface area contributed by atoms with Gasteiger partial charge in [0.05, 0.1) is 6.42 Å². The molecule has 3 amide bonds. The van der Waals surface area contributed by atoms with E-state index in [1.165, 1.54) is 25.1 Å². The van der Waals surface area contributed by atoms with Crippen LogP contribution in [0.2, 0.25) is 0 Å². The molecule has 0 heterocycles. The normalized spacial score (nSPS) is 11.3. The number of nitrogens with one attached hydrogen (secondary N) is 2. The van der Waals surface area contributed by atoms with Crippen LogP contribution in [-0.4, -0.2) is 34.8 Å². The molecular weight excluding hydrogens is 278 g/mol. The monoisotopic (exact) mass is 293 g/mol. The zero-order chi connectivity index (χ0) is 16.0. The molecule has 112 valence electrons. The fraction of sp³-hybridized carbons (Fsp3) is 0.231. The van der Waals surface area contributed by atoms with Gasteiger partial charge < -0.3 is 21.5 Å². The van der Waals surface area contributed by atoms with Gasteiger partial charge in [-0.25, -0.2) is 4.79 Å². The van der Waals surface area contributed by atoms with E-state index in [4.69, 9.17) is 10.8 Å². The molecule has 8 nitrogen and oxygen atoms in total. The number of benzene rings is 1. The molecular formula is C13H15N3O5. The van der Waals surface area contributed by atoms with Crippen LogP contribution in [0.1, 0.15) is 23.7 Å². The molecule has 0 aromatic heterocycles. The first kappa shape index (κ1) is 16.2. The van der Waals surface area contributed by atoms with Gasteiger partial charge in [0.1, 0.15) is 6.04 Å². The highest BCUT2D eigenvalue weighted by atomic mass is 16.4. The molecule has 1 unspecified atom stereocenters. The van der Waals surface area contributed by atoms with Gasteiger partial charge in [0, 0.05) is 18.2 Å². The van der Waals surface area contributed by atoms with Crippen LogP contribution in [0.4, 0.5) is 5.69 Å². The molecule has 0 fully saturated rings. The van der Waals surface area contributed by atoms with Gasteiger partial charge in [0.15, 0.2) is 0 Å². The molecule has 0 saturated heterocycles. The maximum atomic E-state index is 11.9. The zero-order valence-electron chi connectivity index (χ0n) is 11.3. The average Bonchev–Trinajstić information content (AvgIpc) is 2.36. The van der Waals surface area contributed by atoms with E-state index in [9.17, 15) is 19.2 Å². The number of amides is 3. The van der Waals surface area contributed by atoms with Gasteiger partial charge in [-0.05, 0) is 18.2 Å². The first-order valence-electron chi connectivity index (χ1n) is 5.99. The number of rotatable bonds is 6. The lowest BCUT2D eigenvalue weighted by atomic mass is 10.1. The van der Waals surface area contributed by atoms with Gasteiger partial charge >= 0.3 is 5.97 Å². The molecule has 5 N–H and O–H groups in total. The maximum Gasteiger partial charge on any atom is 0.326 e. The van der Waals surface area contributed by atoms with E-state index in [0.29, 0.717) is 5.69 Å². The van der Waals surface area contributed by atoms with Crippen LogP contribution in [0.3, 0.4) is 0 Å². The third kappa shape index (κ3) is 5.31. The summed E-state index contributed by atoms with van der Waals surface area (Å²) in [4.78, 5) is 44.6. The molecule has 8 heteroatoms. The lowest BCUT2D eigenvalue weighted by Gasteiger charge is -2.13. The molecule has 1 aromatic carbocycles. The summed E-state index contributed by atoms with van der Waals surface area (Å²) < 4.78 is 0. The number of hydrogen-bond acceptors (Lipinski definition) is 4. The van der Waals surface area contributed by atoms with Crippen LogP contribution in [0.15, 0.2) is 24.3 Å². The highest BCUT2D eigenvalue weighted by Gasteiger charge is 2.22. The van der Waals surface area contributed by atoms with Crippen molar-refractivity contribution < 1.29 is 24.3 Å². The summed E-state index contributed by atoms with van der Waals surface area (Å²) in [7, 11) is 0. The van der Waals surface area contributed by atoms with Crippen molar-refractivity contribution in [2.75, 3.05) is 5.32 Å². The van der Waals surface area contributed by atoms with E-state index in [2.05, 4.69) is 10.6 Å². The summed E-state index contributed by atoms with van der Waals surface area (Å²) in [5.74, 6) is -3.18. The molecule has 1 rings (SSSR count). The Morgan fingerprint density at radius 1 is 1.29 bits per heavy atom. The Morgan fingerprint density at radius 3 is 2.48 bits per heavy atom. The average molecular weight is 293 g/mol. The zero-order valence-corrected chi connectivity index (χ0v) is 11.3. The van der Waals surface area contributed by atoms with Crippen molar-refractivity contribution >= 4 is 29.4 Å². The second kappa shape index (κ2) is 7.04. The van der Waals surface area contributed by atoms with Crippen molar-refractivity contribution in [2.45, 2.75) is 19.4 Å². The number of carbonyl (C=O) groups is 4. The van der Waals surface area contributed by atoms with E-state index in [1.54, 1.807) is 6.07 Å². The number of aliphatic carboxylic acids is 1. The van der Waals surface area contributed by atoms with Crippen LogP contribution >= 0.6 is 0 Å². The van der Waals surface area contributed by atoms with Gasteiger partial charge in [0.2, 0.25) is 11.8 Å². The quantitative estimate of drug-likeness (QED) is 0.570. The van der Waals surface area contributed by atoms with Crippen molar-refractivity contribution in [2.24, 2.45) is 5.73 Å². The van der Waals surface area contributed by atoms with E-state index in [0.717, 1.165) is 0 Å². The molecule has 0 aliphatic carbocycles. The van der Waals surface area contributed by atoms with Crippen molar-refractivity contribution in [1.29, 1.82) is 0 Å². The smallest absolute Gasteiger partial charge is 0.326 e. The first-order chi connectivity index (χ1) is 9.79. The van der Waals surface area contributed by atoms with E-state index in [1.807, 2.05) is 0 Å². The molecule has 0 bridgehead atoms. The highest BCUT2D eigenvalue weighted by Crippen LogP contribution is 2.11. The van der Waals surface area contributed by atoms with E-state index < -0.39 is 30.2 Å². The van der Waals surface area contributed by atoms with Gasteiger partial charge in [0.25, 0.3) is 5.91 Å². The Labute approximate surface area is 120 Å². The minimum Gasteiger partial charge on any atom is -0.480 e. The number of carboxylic acid groups (broad SMARTS) is 1. The SMILES string of the molecule is CC(=O)Nc1cccc(C(=O)NC(CC(N)=O)C(=O)O)c1. The largest absolute Gasteiger partial charge is 0.480 e. The lowest BCUT2D eigenvalue weighted by molar-refractivity contribution is -0.140. The summed E-state index contributed by atoms with van der Waals surface area (Å²) >= 11 is 0. The second-order valence-electron chi connectivity index (χ2n) is 4.30. The predicted octanol–water partition coefficient (Wildman–Crippen LogP) is -0.297. The van der Waals surface area contributed by atoms with Crippen LogP contribution in [-0.2, 0) is 14.4 Å².